The molecule has 0 radical (unpaired) electrons. The molecule has 156 valence electrons. The third-order valence-electron chi connectivity index (χ3n) is 5.49. The van der Waals surface area contributed by atoms with Crippen molar-refractivity contribution < 1.29 is 4.74 Å². The Labute approximate surface area is 170 Å². The quantitative estimate of drug-likeness (QED) is 0.262. The Morgan fingerprint density at radius 3 is 1.41 bits per heavy atom. The van der Waals surface area contributed by atoms with Gasteiger partial charge in [-0.15, -0.1) is 0 Å². The van der Waals surface area contributed by atoms with Crippen LogP contribution in [0.15, 0.2) is 24.3 Å². The highest BCUT2D eigenvalue weighted by atomic mass is 16.5. The zero-order chi connectivity index (χ0) is 19.8. The van der Waals surface area contributed by atoms with Gasteiger partial charge in [-0.1, -0.05) is 123 Å². The zero-order valence-electron chi connectivity index (χ0n) is 18.8. The van der Waals surface area contributed by atoms with Crippen molar-refractivity contribution in [2.24, 2.45) is 0 Å². The maximum atomic E-state index is 5.88. The summed E-state index contributed by atoms with van der Waals surface area (Å²) in [5.41, 5.74) is 1.58. The van der Waals surface area contributed by atoms with Gasteiger partial charge in [-0.25, -0.2) is 0 Å². The average Bonchev–Trinajstić information content (AvgIpc) is 2.64. The molecule has 0 aliphatic rings. The summed E-state index contributed by atoms with van der Waals surface area (Å²) in [5, 5.41) is 0. The molecule has 1 heteroatoms. The Bertz CT molecular complexity index is 440. The topological polar surface area (TPSA) is 9.23 Å². The van der Waals surface area contributed by atoms with E-state index in [0.29, 0.717) is 0 Å². The molecule has 0 bridgehead atoms. The van der Waals surface area contributed by atoms with Crippen LogP contribution in [-0.4, -0.2) is 6.61 Å². The van der Waals surface area contributed by atoms with Crippen molar-refractivity contribution in [1.29, 1.82) is 0 Å². The fourth-order valence-corrected chi connectivity index (χ4v) is 3.54. The van der Waals surface area contributed by atoms with Gasteiger partial charge in [0.05, 0.1) is 6.61 Å². The fourth-order valence-electron chi connectivity index (χ4n) is 3.54. The molecule has 0 saturated carbocycles. The zero-order valence-corrected chi connectivity index (χ0v) is 18.8. The molecular formula is C26H46O. The van der Waals surface area contributed by atoms with Crippen molar-refractivity contribution in [1.82, 2.24) is 0 Å². The third-order valence-corrected chi connectivity index (χ3v) is 5.49. The minimum absolute atomic E-state index is 0.215. The Hall–Kier alpha value is -0.980. The number of benzene rings is 1. The van der Waals surface area contributed by atoms with Crippen LogP contribution in [0.3, 0.4) is 0 Å². The van der Waals surface area contributed by atoms with E-state index in [4.69, 9.17) is 4.74 Å². The number of hydrogen-bond acceptors (Lipinski definition) is 1. The van der Waals surface area contributed by atoms with E-state index in [0.717, 1.165) is 12.4 Å². The minimum atomic E-state index is 0.215. The number of hydrogen-bond donors (Lipinski definition) is 0. The van der Waals surface area contributed by atoms with E-state index in [1.54, 1.807) is 0 Å². The highest BCUT2D eigenvalue weighted by Gasteiger charge is 2.12. The first-order valence-electron chi connectivity index (χ1n) is 11.8. The molecule has 0 amide bonds. The molecule has 0 N–H and O–H groups in total. The molecule has 0 unspecified atom stereocenters. The Morgan fingerprint density at radius 2 is 1.00 bits per heavy atom. The van der Waals surface area contributed by atoms with Crippen LogP contribution in [0.25, 0.3) is 0 Å². The largest absolute Gasteiger partial charge is 0.494 e. The van der Waals surface area contributed by atoms with E-state index < -0.39 is 0 Å². The third kappa shape index (κ3) is 12.9. The lowest BCUT2D eigenvalue weighted by molar-refractivity contribution is 0.304. The monoisotopic (exact) mass is 374 g/mol. The Balaban J connectivity index is 1.87. The lowest BCUT2D eigenvalue weighted by Gasteiger charge is -2.19. The number of ether oxygens (including phenoxy) is 1. The van der Waals surface area contributed by atoms with E-state index in [1.807, 2.05) is 0 Å². The maximum Gasteiger partial charge on any atom is 0.119 e. The summed E-state index contributed by atoms with van der Waals surface area (Å²) in [6.45, 7) is 9.89. The van der Waals surface area contributed by atoms with Gasteiger partial charge in [0, 0.05) is 0 Å². The molecule has 0 atom stereocenters. The lowest BCUT2D eigenvalue weighted by Crippen LogP contribution is -2.10. The Kier molecular flexibility index (Phi) is 13.4. The highest BCUT2D eigenvalue weighted by molar-refractivity contribution is 5.31. The second-order valence-corrected chi connectivity index (χ2v) is 9.22. The molecule has 27 heavy (non-hydrogen) atoms. The van der Waals surface area contributed by atoms with Crippen LogP contribution in [0.2, 0.25) is 0 Å². The van der Waals surface area contributed by atoms with E-state index in [-0.39, 0.29) is 5.41 Å². The molecule has 0 saturated heterocycles. The second-order valence-electron chi connectivity index (χ2n) is 9.22. The SMILES string of the molecule is CCCCCCCCCCCCCCCCOc1ccc(C(C)(C)C)cc1. The molecule has 1 aromatic rings. The average molecular weight is 375 g/mol. The molecule has 1 aromatic carbocycles. The lowest BCUT2D eigenvalue weighted by atomic mass is 9.87. The molecule has 1 rings (SSSR count). The smallest absolute Gasteiger partial charge is 0.119 e. The fraction of sp³-hybridized carbons (Fsp3) is 0.769. The van der Waals surface area contributed by atoms with Crippen LogP contribution in [0.5, 0.6) is 5.75 Å². The normalized spacial score (nSPS) is 11.7. The minimum Gasteiger partial charge on any atom is -0.494 e. The van der Waals surface area contributed by atoms with Gasteiger partial charge >= 0.3 is 0 Å². The van der Waals surface area contributed by atoms with Crippen molar-refractivity contribution in [3.63, 3.8) is 0 Å². The van der Waals surface area contributed by atoms with E-state index in [2.05, 4.69) is 52.0 Å². The van der Waals surface area contributed by atoms with Crippen molar-refractivity contribution in [3.05, 3.63) is 29.8 Å². The molecule has 1 nitrogen and oxygen atoms in total. The summed E-state index contributed by atoms with van der Waals surface area (Å²) in [4.78, 5) is 0. The van der Waals surface area contributed by atoms with Crippen LogP contribution in [0, 0.1) is 0 Å². The first-order valence-corrected chi connectivity index (χ1v) is 11.8. The molecular weight excluding hydrogens is 328 g/mol. The van der Waals surface area contributed by atoms with Gasteiger partial charge in [0.15, 0.2) is 0 Å². The van der Waals surface area contributed by atoms with Gasteiger partial charge < -0.3 is 4.74 Å². The van der Waals surface area contributed by atoms with Crippen LogP contribution < -0.4 is 4.74 Å². The molecule has 0 heterocycles. The van der Waals surface area contributed by atoms with Gasteiger partial charge in [0.1, 0.15) is 5.75 Å². The van der Waals surface area contributed by atoms with Gasteiger partial charge in [-0.3, -0.25) is 0 Å². The summed E-state index contributed by atoms with van der Waals surface area (Å²) in [6.07, 6.45) is 19.6. The molecule has 0 fully saturated rings. The van der Waals surface area contributed by atoms with E-state index in [1.165, 1.54) is 95.5 Å². The van der Waals surface area contributed by atoms with Crippen LogP contribution >= 0.6 is 0 Å². The predicted molar refractivity (Wildman–Crippen MR) is 121 cm³/mol. The molecule has 0 aromatic heterocycles. The van der Waals surface area contributed by atoms with Crippen LogP contribution in [-0.2, 0) is 5.41 Å². The van der Waals surface area contributed by atoms with Gasteiger partial charge in [0.2, 0.25) is 0 Å². The molecule has 0 aliphatic carbocycles. The van der Waals surface area contributed by atoms with E-state index in [9.17, 15) is 0 Å². The van der Waals surface area contributed by atoms with Crippen LogP contribution in [0.4, 0.5) is 0 Å². The summed E-state index contributed by atoms with van der Waals surface area (Å²) >= 11 is 0. The summed E-state index contributed by atoms with van der Waals surface area (Å²) in [6, 6.07) is 8.62. The number of rotatable bonds is 16. The predicted octanol–water partition coefficient (Wildman–Crippen LogP) is 8.84. The second kappa shape index (κ2) is 15.0. The van der Waals surface area contributed by atoms with E-state index >= 15 is 0 Å². The van der Waals surface area contributed by atoms with Crippen molar-refractivity contribution in [2.75, 3.05) is 6.61 Å². The van der Waals surface area contributed by atoms with Gasteiger partial charge in [-0.05, 0) is 29.5 Å². The maximum absolute atomic E-state index is 5.88. The standard InChI is InChI=1S/C26H46O/c1-5-6-7-8-9-10-11-12-13-14-15-16-17-18-23-27-25-21-19-24(20-22-25)26(2,3)4/h19-22H,5-18,23H2,1-4H3. The van der Waals surface area contributed by atoms with Crippen LogP contribution in [0.1, 0.15) is 123 Å². The highest BCUT2D eigenvalue weighted by Crippen LogP contribution is 2.24. The Morgan fingerprint density at radius 1 is 0.593 bits per heavy atom. The van der Waals surface area contributed by atoms with Crippen molar-refractivity contribution >= 4 is 0 Å². The molecule has 0 aliphatic heterocycles. The van der Waals surface area contributed by atoms with Crippen molar-refractivity contribution in [3.8, 4) is 5.75 Å². The summed E-state index contributed by atoms with van der Waals surface area (Å²) in [7, 11) is 0. The number of unbranched alkanes of at least 4 members (excludes halogenated alkanes) is 13. The first-order chi connectivity index (χ1) is 13.0. The van der Waals surface area contributed by atoms with Gasteiger partial charge in [0.25, 0.3) is 0 Å². The first kappa shape index (κ1) is 24.1. The van der Waals surface area contributed by atoms with Crippen molar-refractivity contribution in [2.45, 2.75) is 123 Å². The summed E-state index contributed by atoms with van der Waals surface area (Å²) < 4.78 is 5.88. The van der Waals surface area contributed by atoms with Gasteiger partial charge in [-0.2, -0.15) is 0 Å². The summed E-state index contributed by atoms with van der Waals surface area (Å²) in [5.74, 6) is 1.01. The molecule has 0 spiro atoms.